The van der Waals surface area contributed by atoms with Crippen LogP contribution in [0.2, 0.25) is 0 Å². The number of aromatic carboxylic acids is 1. The fourth-order valence-electron chi connectivity index (χ4n) is 3.58. The van der Waals surface area contributed by atoms with Crippen LogP contribution in [0.3, 0.4) is 0 Å². The molecule has 2 fully saturated rings. The SMILES string of the molecule is COc1ccc(C(=O)O)c(N2CC3CCCN3CC2C)c1. The molecule has 0 spiro atoms. The Hall–Kier alpha value is -1.75. The normalized spacial score (nSPS) is 25.7. The Morgan fingerprint density at radius 1 is 1.38 bits per heavy atom. The Bertz CT molecular complexity index is 546. The van der Waals surface area contributed by atoms with E-state index in [-0.39, 0.29) is 0 Å². The maximum Gasteiger partial charge on any atom is 0.337 e. The van der Waals surface area contributed by atoms with Crippen LogP contribution in [0.25, 0.3) is 0 Å². The summed E-state index contributed by atoms with van der Waals surface area (Å²) in [7, 11) is 1.61. The predicted octanol–water partition coefficient (Wildman–Crippen LogP) is 2.07. The molecule has 114 valence electrons. The van der Waals surface area contributed by atoms with Crippen LogP contribution in [0.5, 0.6) is 5.75 Å². The third kappa shape index (κ3) is 2.58. The number of carboxylic acids is 1. The highest BCUT2D eigenvalue weighted by Gasteiger charge is 2.35. The first kappa shape index (κ1) is 14.2. The van der Waals surface area contributed by atoms with Crippen LogP contribution < -0.4 is 9.64 Å². The van der Waals surface area contributed by atoms with Crippen LogP contribution in [0, 0.1) is 0 Å². The maximum absolute atomic E-state index is 11.5. The molecule has 2 heterocycles. The molecule has 1 aromatic carbocycles. The van der Waals surface area contributed by atoms with E-state index in [1.165, 1.54) is 19.4 Å². The van der Waals surface area contributed by atoms with E-state index in [0.29, 0.717) is 23.4 Å². The minimum Gasteiger partial charge on any atom is -0.497 e. The van der Waals surface area contributed by atoms with Gasteiger partial charge < -0.3 is 14.7 Å². The van der Waals surface area contributed by atoms with Crippen LogP contribution in [0.15, 0.2) is 18.2 Å². The lowest BCUT2D eigenvalue weighted by Gasteiger charge is -2.44. The molecular formula is C16H22N2O3. The molecule has 0 aromatic heterocycles. The van der Waals surface area contributed by atoms with Crippen molar-refractivity contribution >= 4 is 11.7 Å². The molecule has 0 radical (unpaired) electrons. The fourth-order valence-corrected chi connectivity index (χ4v) is 3.58. The summed E-state index contributed by atoms with van der Waals surface area (Å²) >= 11 is 0. The monoisotopic (exact) mass is 290 g/mol. The molecule has 2 saturated heterocycles. The largest absolute Gasteiger partial charge is 0.497 e. The van der Waals surface area contributed by atoms with Gasteiger partial charge in [0.1, 0.15) is 5.75 Å². The number of benzene rings is 1. The molecule has 0 aliphatic carbocycles. The second-order valence-corrected chi connectivity index (χ2v) is 5.98. The van der Waals surface area contributed by atoms with E-state index < -0.39 is 5.97 Å². The first-order chi connectivity index (χ1) is 10.1. The van der Waals surface area contributed by atoms with Crippen molar-refractivity contribution in [2.24, 2.45) is 0 Å². The summed E-state index contributed by atoms with van der Waals surface area (Å²) in [4.78, 5) is 16.3. The molecule has 1 aromatic rings. The number of ether oxygens (including phenoxy) is 1. The number of carbonyl (C=O) groups is 1. The van der Waals surface area contributed by atoms with E-state index in [2.05, 4.69) is 16.7 Å². The summed E-state index contributed by atoms with van der Waals surface area (Å²) in [6.45, 7) is 5.24. The Labute approximate surface area is 125 Å². The van der Waals surface area contributed by atoms with Gasteiger partial charge in [0.05, 0.1) is 18.4 Å². The van der Waals surface area contributed by atoms with Crippen molar-refractivity contribution in [2.45, 2.75) is 31.8 Å². The fraction of sp³-hybridized carbons (Fsp3) is 0.562. The van der Waals surface area contributed by atoms with Gasteiger partial charge in [0, 0.05) is 31.2 Å². The van der Waals surface area contributed by atoms with Gasteiger partial charge in [-0.25, -0.2) is 4.79 Å². The zero-order chi connectivity index (χ0) is 15.0. The van der Waals surface area contributed by atoms with Gasteiger partial charge in [0.2, 0.25) is 0 Å². The second-order valence-electron chi connectivity index (χ2n) is 5.98. The van der Waals surface area contributed by atoms with Gasteiger partial charge in [0.15, 0.2) is 0 Å². The van der Waals surface area contributed by atoms with Crippen molar-refractivity contribution in [3.05, 3.63) is 23.8 Å². The summed E-state index contributed by atoms with van der Waals surface area (Å²) in [5.74, 6) is -0.176. The summed E-state index contributed by atoms with van der Waals surface area (Å²) in [5, 5.41) is 9.46. The number of piperazine rings is 1. The molecule has 2 unspecified atom stereocenters. The number of methoxy groups -OCH3 is 1. The van der Waals surface area contributed by atoms with Gasteiger partial charge in [-0.15, -0.1) is 0 Å². The summed E-state index contributed by atoms with van der Waals surface area (Å²) in [6, 6.07) is 6.07. The van der Waals surface area contributed by atoms with Gasteiger partial charge >= 0.3 is 5.97 Å². The average molecular weight is 290 g/mol. The Morgan fingerprint density at radius 3 is 2.90 bits per heavy atom. The van der Waals surface area contributed by atoms with Crippen molar-refractivity contribution in [1.29, 1.82) is 0 Å². The molecular weight excluding hydrogens is 268 g/mol. The molecule has 5 nitrogen and oxygen atoms in total. The summed E-state index contributed by atoms with van der Waals surface area (Å²) < 4.78 is 5.27. The smallest absolute Gasteiger partial charge is 0.337 e. The van der Waals surface area contributed by atoms with E-state index >= 15 is 0 Å². The van der Waals surface area contributed by atoms with E-state index in [1.807, 2.05) is 6.07 Å². The van der Waals surface area contributed by atoms with Gasteiger partial charge in [-0.1, -0.05) is 0 Å². The number of hydrogen-bond donors (Lipinski definition) is 1. The maximum atomic E-state index is 11.5. The minimum atomic E-state index is -0.881. The number of carboxylic acid groups (broad SMARTS) is 1. The highest BCUT2D eigenvalue weighted by Crippen LogP contribution is 2.33. The summed E-state index contributed by atoms with van der Waals surface area (Å²) in [5.41, 5.74) is 1.13. The zero-order valence-electron chi connectivity index (χ0n) is 12.6. The van der Waals surface area contributed by atoms with Crippen LogP contribution in [-0.2, 0) is 0 Å². The topological polar surface area (TPSA) is 53.0 Å². The molecule has 0 bridgehead atoms. The van der Waals surface area contributed by atoms with Crippen molar-refractivity contribution < 1.29 is 14.6 Å². The number of anilines is 1. The molecule has 0 amide bonds. The quantitative estimate of drug-likeness (QED) is 0.923. The minimum absolute atomic E-state index is 0.310. The number of fused-ring (bicyclic) bond motifs is 1. The van der Waals surface area contributed by atoms with Crippen LogP contribution in [0.4, 0.5) is 5.69 Å². The molecule has 2 atom stereocenters. The predicted molar refractivity (Wildman–Crippen MR) is 81.4 cm³/mol. The van der Waals surface area contributed by atoms with Crippen LogP contribution in [-0.4, -0.2) is 54.8 Å². The van der Waals surface area contributed by atoms with E-state index in [0.717, 1.165) is 18.8 Å². The first-order valence-corrected chi connectivity index (χ1v) is 7.52. The zero-order valence-corrected chi connectivity index (χ0v) is 12.6. The Kier molecular flexibility index (Phi) is 3.76. The van der Waals surface area contributed by atoms with Crippen molar-refractivity contribution in [3.63, 3.8) is 0 Å². The molecule has 0 saturated carbocycles. The van der Waals surface area contributed by atoms with Gasteiger partial charge in [0.25, 0.3) is 0 Å². The highest BCUT2D eigenvalue weighted by atomic mass is 16.5. The van der Waals surface area contributed by atoms with E-state index in [9.17, 15) is 9.90 Å². The van der Waals surface area contributed by atoms with Gasteiger partial charge in [-0.05, 0) is 38.4 Å². The Morgan fingerprint density at radius 2 is 2.19 bits per heavy atom. The first-order valence-electron chi connectivity index (χ1n) is 7.52. The average Bonchev–Trinajstić information content (AvgIpc) is 2.92. The van der Waals surface area contributed by atoms with Crippen molar-refractivity contribution in [2.75, 3.05) is 31.6 Å². The van der Waals surface area contributed by atoms with Gasteiger partial charge in [-0.2, -0.15) is 0 Å². The number of nitrogens with zero attached hydrogens (tertiary/aromatic N) is 2. The molecule has 2 aliphatic rings. The molecule has 21 heavy (non-hydrogen) atoms. The van der Waals surface area contributed by atoms with Crippen molar-refractivity contribution in [3.8, 4) is 5.75 Å². The standard InChI is InChI=1S/C16H22N2O3/c1-11-9-17-7-3-4-12(17)10-18(11)15-8-13(21-2)5-6-14(15)16(19)20/h5-6,8,11-12H,3-4,7,9-10H2,1-2H3,(H,19,20). The lowest BCUT2D eigenvalue weighted by atomic mass is 10.0. The van der Waals surface area contributed by atoms with E-state index in [1.54, 1.807) is 19.2 Å². The van der Waals surface area contributed by atoms with E-state index in [4.69, 9.17) is 4.74 Å². The van der Waals surface area contributed by atoms with Crippen LogP contribution >= 0.6 is 0 Å². The van der Waals surface area contributed by atoms with Crippen molar-refractivity contribution in [1.82, 2.24) is 4.90 Å². The summed E-state index contributed by atoms with van der Waals surface area (Å²) in [6.07, 6.45) is 2.45. The molecule has 1 N–H and O–H groups in total. The molecule has 2 aliphatic heterocycles. The van der Waals surface area contributed by atoms with Crippen LogP contribution in [0.1, 0.15) is 30.1 Å². The third-order valence-electron chi connectivity index (χ3n) is 4.68. The molecule has 5 heteroatoms. The Balaban J connectivity index is 1.95. The second kappa shape index (κ2) is 5.56. The lowest BCUT2D eigenvalue weighted by Crippen LogP contribution is -2.55. The highest BCUT2D eigenvalue weighted by molar-refractivity contribution is 5.95. The third-order valence-corrected chi connectivity index (χ3v) is 4.68. The molecule has 3 rings (SSSR count). The van der Waals surface area contributed by atoms with Gasteiger partial charge in [-0.3, -0.25) is 4.90 Å². The number of hydrogen-bond acceptors (Lipinski definition) is 4. The lowest BCUT2D eigenvalue weighted by molar-refractivity contribution is 0.0697. The number of rotatable bonds is 3.